The number of aromatic nitrogens is 2. The topological polar surface area (TPSA) is 49.0 Å². The Hall–Kier alpha value is -1.98. The van der Waals surface area contributed by atoms with E-state index in [1.54, 1.807) is 11.3 Å². The van der Waals surface area contributed by atoms with Crippen LogP contribution >= 0.6 is 11.3 Å². The number of likely N-dealkylation sites (tertiary alicyclic amines) is 1. The van der Waals surface area contributed by atoms with Crippen molar-refractivity contribution in [2.75, 3.05) is 6.54 Å². The van der Waals surface area contributed by atoms with E-state index in [2.05, 4.69) is 40.2 Å². The van der Waals surface area contributed by atoms with Gasteiger partial charge >= 0.3 is 0 Å². The summed E-state index contributed by atoms with van der Waals surface area (Å²) >= 11 is 1.73. The molecule has 2 aromatic heterocycles. The molecule has 1 N–H and O–H groups in total. The van der Waals surface area contributed by atoms with E-state index in [1.165, 1.54) is 35.3 Å². The van der Waals surface area contributed by atoms with Gasteiger partial charge in [-0.2, -0.15) is 0 Å². The second-order valence-corrected chi connectivity index (χ2v) is 8.59. The molecule has 4 nitrogen and oxygen atoms in total. The minimum absolute atomic E-state index is 0.0585. The number of aromatic amines is 1. The number of nitrogens with zero attached hydrogens (tertiary/aromatic N) is 2. The number of nitrogens with one attached hydrogen (secondary N) is 1. The Morgan fingerprint density at radius 1 is 1.19 bits per heavy atom. The first-order valence-corrected chi connectivity index (χ1v) is 10.4. The van der Waals surface area contributed by atoms with Crippen LogP contribution in [0.4, 0.5) is 0 Å². The van der Waals surface area contributed by atoms with Gasteiger partial charge in [-0.3, -0.25) is 9.69 Å². The van der Waals surface area contributed by atoms with Gasteiger partial charge in [-0.05, 0) is 56.2 Å². The first-order chi connectivity index (χ1) is 12.8. The molecule has 0 saturated carbocycles. The smallest absolute Gasteiger partial charge is 0.259 e. The highest BCUT2D eigenvalue weighted by molar-refractivity contribution is 7.18. The van der Waals surface area contributed by atoms with E-state index in [-0.39, 0.29) is 5.56 Å². The molecule has 26 heavy (non-hydrogen) atoms. The molecule has 0 bridgehead atoms. The van der Waals surface area contributed by atoms with E-state index in [0.29, 0.717) is 6.04 Å². The van der Waals surface area contributed by atoms with Gasteiger partial charge in [-0.15, -0.1) is 11.3 Å². The maximum Gasteiger partial charge on any atom is 0.259 e. The van der Waals surface area contributed by atoms with Crippen LogP contribution in [-0.2, 0) is 25.8 Å². The summed E-state index contributed by atoms with van der Waals surface area (Å²) in [6.07, 6.45) is 6.82. The van der Waals surface area contributed by atoms with Crippen LogP contribution in [0.1, 0.15) is 41.1 Å². The monoisotopic (exact) mass is 365 g/mol. The summed E-state index contributed by atoms with van der Waals surface area (Å²) in [7, 11) is 0. The fraction of sp³-hybridized carbons (Fsp3) is 0.429. The molecule has 3 aromatic rings. The maximum absolute atomic E-state index is 12.7. The minimum atomic E-state index is 0.0585. The molecular formula is C21H23N3OS. The first kappa shape index (κ1) is 16.2. The summed E-state index contributed by atoms with van der Waals surface area (Å²) in [6.45, 7) is 1.82. The van der Waals surface area contributed by atoms with Gasteiger partial charge in [0.2, 0.25) is 0 Å². The van der Waals surface area contributed by atoms with Crippen molar-refractivity contribution < 1.29 is 0 Å². The predicted molar refractivity (Wildman–Crippen MR) is 106 cm³/mol. The lowest BCUT2D eigenvalue weighted by atomic mass is 10.0. The molecule has 0 amide bonds. The van der Waals surface area contributed by atoms with Gasteiger partial charge in [0.15, 0.2) is 0 Å². The van der Waals surface area contributed by atoms with E-state index in [9.17, 15) is 4.79 Å². The number of hydrogen-bond donors (Lipinski definition) is 1. The maximum atomic E-state index is 12.7. The Morgan fingerprint density at radius 3 is 2.96 bits per heavy atom. The number of benzene rings is 1. The van der Waals surface area contributed by atoms with Crippen LogP contribution in [0.3, 0.4) is 0 Å². The van der Waals surface area contributed by atoms with Crippen molar-refractivity contribution >= 4 is 21.6 Å². The molecular weight excluding hydrogens is 342 g/mol. The van der Waals surface area contributed by atoms with Crippen molar-refractivity contribution in [2.45, 2.75) is 51.1 Å². The highest BCUT2D eigenvalue weighted by Gasteiger charge is 2.26. The predicted octanol–water partition coefficient (Wildman–Crippen LogP) is 3.68. The molecule has 5 rings (SSSR count). The highest BCUT2D eigenvalue weighted by atomic mass is 32.1. The molecule has 3 heterocycles. The van der Waals surface area contributed by atoms with E-state index >= 15 is 0 Å². The fourth-order valence-corrected chi connectivity index (χ4v) is 5.82. The molecule has 2 aliphatic rings. The van der Waals surface area contributed by atoms with Gasteiger partial charge in [0, 0.05) is 10.9 Å². The SMILES string of the molecule is O=c1[nH]c(CN2CCCC2Cc2ccccc2)nc2sc3c(c12)CCC3. The van der Waals surface area contributed by atoms with Crippen molar-refractivity contribution in [3.05, 3.63) is 62.5 Å². The van der Waals surface area contributed by atoms with Gasteiger partial charge in [0.1, 0.15) is 10.7 Å². The number of fused-ring (bicyclic) bond motifs is 3. The third-order valence-electron chi connectivity index (χ3n) is 5.79. The molecule has 1 atom stereocenters. The van der Waals surface area contributed by atoms with Crippen LogP contribution in [0.5, 0.6) is 0 Å². The molecule has 1 fully saturated rings. The number of aryl methyl sites for hydroxylation is 2. The zero-order valence-electron chi connectivity index (χ0n) is 14.8. The molecule has 134 valence electrons. The Morgan fingerprint density at radius 2 is 2.08 bits per heavy atom. The third-order valence-corrected chi connectivity index (χ3v) is 6.98. The average molecular weight is 366 g/mol. The molecule has 1 aliphatic carbocycles. The Balaban J connectivity index is 1.39. The molecule has 0 spiro atoms. The summed E-state index contributed by atoms with van der Waals surface area (Å²) in [5.74, 6) is 0.822. The van der Waals surface area contributed by atoms with Crippen molar-refractivity contribution in [1.82, 2.24) is 14.9 Å². The Kier molecular flexibility index (Phi) is 4.14. The normalized spacial score (nSPS) is 20.1. The second-order valence-electron chi connectivity index (χ2n) is 7.51. The molecule has 5 heteroatoms. The fourth-order valence-electron chi connectivity index (χ4n) is 4.53. The summed E-state index contributed by atoms with van der Waals surface area (Å²) in [5.41, 5.74) is 2.70. The van der Waals surface area contributed by atoms with E-state index < -0.39 is 0 Å². The minimum Gasteiger partial charge on any atom is -0.309 e. The van der Waals surface area contributed by atoms with Crippen LogP contribution < -0.4 is 5.56 Å². The Bertz CT molecular complexity index is 992. The van der Waals surface area contributed by atoms with Crippen LogP contribution in [0, 0.1) is 0 Å². The van der Waals surface area contributed by atoms with Gasteiger partial charge in [-0.25, -0.2) is 4.98 Å². The van der Waals surface area contributed by atoms with E-state index in [1.807, 2.05) is 0 Å². The quantitative estimate of drug-likeness (QED) is 0.767. The van der Waals surface area contributed by atoms with E-state index in [4.69, 9.17) is 4.98 Å². The highest BCUT2D eigenvalue weighted by Crippen LogP contribution is 2.34. The molecule has 0 radical (unpaired) electrons. The molecule has 1 unspecified atom stereocenters. The summed E-state index contributed by atoms with van der Waals surface area (Å²) in [6, 6.07) is 11.2. The van der Waals surface area contributed by atoms with Crippen molar-refractivity contribution in [3.8, 4) is 0 Å². The zero-order valence-corrected chi connectivity index (χ0v) is 15.6. The number of rotatable bonds is 4. The van der Waals surface area contributed by atoms with Crippen LogP contribution in [-0.4, -0.2) is 27.5 Å². The van der Waals surface area contributed by atoms with Crippen molar-refractivity contribution in [2.24, 2.45) is 0 Å². The standard InChI is InChI=1S/C21H23N3OS/c25-20-19-16-9-4-10-17(16)26-21(19)23-18(22-20)13-24-11-5-8-15(24)12-14-6-2-1-3-7-14/h1-3,6-7,15H,4-5,8-13H2,(H,22,23,25). The first-order valence-electron chi connectivity index (χ1n) is 9.59. The number of hydrogen-bond acceptors (Lipinski definition) is 4. The summed E-state index contributed by atoms with van der Waals surface area (Å²) < 4.78 is 0. The number of thiophene rings is 1. The summed E-state index contributed by atoms with van der Waals surface area (Å²) in [5, 5.41) is 0.855. The lowest BCUT2D eigenvalue weighted by Crippen LogP contribution is -2.32. The molecule has 1 aliphatic heterocycles. The number of H-pyrrole nitrogens is 1. The molecule has 1 aromatic carbocycles. The summed E-state index contributed by atoms with van der Waals surface area (Å²) in [4.78, 5) is 25.4. The lowest BCUT2D eigenvalue weighted by Gasteiger charge is -2.24. The van der Waals surface area contributed by atoms with Crippen molar-refractivity contribution in [3.63, 3.8) is 0 Å². The van der Waals surface area contributed by atoms with Gasteiger partial charge in [0.25, 0.3) is 5.56 Å². The van der Waals surface area contributed by atoms with Crippen LogP contribution in [0.2, 0.25) is 0 Å². The third kappa shape index (κ3) is 2.89. The Labute approximate surface area is 156 Å². The van der Waals surface area contributed by atoms with Gasteiger partial charge in [-0.1, -0.05) is 30.3 Å². The van der Waals surface area contributed by atoms with Crippen LogP contribution in [0.15, 0.2) is 35.1 Å². The lowest BCUT2D eigenvalue weighted by molar-refractivity contribution is 0.238. The largest absolute Gasteiger partial charge is 0.309 e. The van der Waals surface area contributed by atoms with Gasteiger partial charge < -0.3 is 4.98 Å². The van der Waals surface area contributed by atoms with Gasteiger partial charge in [0.05, 0.1) is 11.9 Å². The van der Waals surface area contributed by atoms with Crippen LogP contribution in [0.25, 0.3) is 10.2 Å². The van der Waals surface area contributed by atoms with Crippen molar-refractivity contribution in [1.29, 1.82) is 0 Å². The van der Waals surface area contributed by atoms with E-state index in [0.717, 1.165) is 48.4 Å². The average Bonchev–Trinajstić information content (AvgIpc) is 3.32. The molecule has 1 saturated heterocycles. The zero-order chi connectivity index (χ0) is 17.5. The second kappa shape index (κ2) is 6.63.